The summed E-state index contributed by atoms with van der Waals surface area (Å²) in [5.74, 6) is 1.44. The molecule has 2 aromatic heterocycles. The highest BCUT2D eigenvalue weighted by atomic mass is 35.5. The molecular weight excluding hydrogens is 349 g/mol. The van der Waals surface area contributed by atoms with E-state index in [1.165, 1.54) is 6.42 Å². The average Bonchev–Trinajstić information content (AvgIpc) is 3.17. The predicted octanol–water partition coefficient (Wildman–Crippen LogP) is 1.97. The molecule has 24 heavy (non-hydrogen) atoms. The molecule has 2 atom stereocenters. The Bertz CT molecular complexity index is 707. The molecule has 0 radical (unpaired) electrons. The number of rotatable bonds is 3. The van der Waals surface area contributed by atoms with Crippen LogP contribution in [0.2, 0.25) is 0 Å². The summed E-state index contributed by atoms with van der Waals surface area (Å²) in [6.07, 6.45) is 6.48. The molecule has 2 N–H and O–H groups in total. The lowest BCUT2D eigenvalue weighted by Gasteiger charge is -2.37. The van der Waals surface area contributed by atoms with Gasteiger partial charge in [0.25, 0.3) is 0 Å². The standard InChI is InChI=1S/C16H21N5O.2ClH/c22-15(16-7-3-1-5-12(16)9-17-11-16)18-10-14-20-19-13-6-2-4-8-21(13)14;;/h2,4,6,8,12,17H,1,3,5,7,9-11H2,(H,18,22);2*1H/t12-,16+;;/m0../s1. The van der Waals surface area contributed by atoms with Gasteiger partial charge < -0.3 is 10.6 Å². The van der Waals surface area contributed by atoms with Gasteiger partial charge in [0.1, 0.15) is 0 Å². The first kappa shape index (κ1) is 19.0. The van der Waals surface area contributed by atoms with Gasteiger partial charge in [-0.1, -0.05) is 18.9 Å². The van der Waals surface area contributed by atoms with Gasteiger partial charge in [-0.2, -0.15) is 0 Å². The van der Waals surface area contributed by atoms with E-state index in [0.29, 0.717) is 12.5 Å². The molecule has 0 aromatic carbocycles. The van der Waals surface area contributed by atoms with Crippen LogP contribution in [0.3, 0.4) is 0 Å². The summed E-state index contributed by atoms with van der Waals surface area (Å²) in [4.78, 5) is 12.8. The number of nitrogens with zero attached hydrogens (tertiary/aromatic N) is 3. The molecule has 3 heterocycles. The summed E-state index contributed by atoms with van der Waals surface area (Å²) in [7, 11) is 0. The maximum atomic E-state index is 12.8. The molecule has 132 valence electrons. The zero-order chi connectivity index (χ0) is 15.0. The molecule has 6 nitrogen and oxygen atoms in total. The van der Waals surface area contributed by atoms with Crippen molar-refractivity contribution in [3.63, 3.8) is 0 Å². The summed E-state index contributed by atoms with van der Waals surface area (Å²) in [5, 5.41) is 14.8. The number of amides is 1. The minimum absolute atomic E-state index is 0. The van der Waals surface area contributed by atoms with E-state index in [1.807, 2.05) is 28.8 Å². The van der Waals surface area contributed by atoms with Crippen LogP contribution < -0.4 is 10.6 Å². The van der Waals surface area contributed by atoms with Gasteiger partial charge in [-0.25, -0.2) is 0 Å². The minimum atomic E-state index is -0.210. The Kier molecular flexibility index (Phi) is 6.06. The first-order valence-electron chi connectivity index (χ1n) is 8.07. The van der Waals surface area contributed by atoms with Crippen molar-refractivity contribution in [1.82, 2.24) is 25.2 Å². The van der Waals surface area contributed by atoms with Crippen molar-refractivity contribution >= 4 is 36.4 Å². The molecular formula is C16H23Cl2N5O. The second kappa shape index (κ2) is 7.68. The normalized spacial score (nSPS) is 25.4. The minimum Gasteiger partial charge on any atom is -0.348 e. The molecule has 8 heteroatoms. The maximum Gasteiger partial charge on any atom is 0.228 e. The maximum absolute atomic E-state index is 12.8. The lowest BCUT2D eigenvalue weighted by molar-refractivity contribution is -0.134. The number of nitrogens with one attached hydrogen (secondary N) is 2. The van der Waals surface area contributed by atoms with Gasteiger partial charge in [0.05, 0.1) is 12.0 Å². The first-order chi connectivity index (χ1) is 10.8. The molecule has 0 spiro atoms. The van der Waals surface area contributed by atoms with Gasteiger partial charge in [0.15, 0.2) is 11.5 Å². The molecule has 2 aliphatic rings. The number of halogens is 2. The van der Waals surface area contributed by atoms with Crippen LogP contribution in [0.1, 0.15) is 31.5 Å². The second-order valence-electron chi connectivity index (χ2n) is 6.46. The lowest BCUT2D eigenvalue weighted by Crippen LogP contribution is -2.47. The highest BCUT2D eigenvalue weighted by Crippen LogP contribution is 2.43. The first-order valence-corrected chi connectivity index (χ1v) is 8.07. The molecule has 0 unspecified atom stereocenters. The van der Waals surface area contributed by atoms with E-state index in [1.54, 1.807) is 0 Å². The van der Waals surface area contributed by atoms with Crippen LogP contribution in [0.25, 0.3) is 5.65 Å². The van der Waals surface area contributed by atoms with Crippen LogP contribution in [0, 0.1) is 11.3 Å². The molecule has 2 fully saturated rings. The number of pyridine rings is 1. The second-order valence-corrected chi connectivity index (χ2v) is 6.46. The Balaban J connectivity index is 0.00000104. The van der Waals surface area contributed by atoms with E-state index in [-0.39, 0.29) is 36.1 Å². The average molecular weight is 372 g/mol. The topological polar surface area (TPSA) is 71.3 Å². The van der Waals surface area contributed by atoms with Crippen LogP contribution in [-0.4, -0.2) is 33.6 Å². The molecule has 0 bridgehead atoms. The van der Waals surface area contributed by atoms with Gasteiger partial charge in [-0.3, -0.25) is 9.20 Å². The van der Waals surface area contributed by atoms with Gasteiger partial charge >= 0.3 is 0 Å². The van der Waals surface area contributed by atoms with Crippen molar-refractivity contribution in [3.05, 3.63) is 30.2 Å². The van der Waals surface area contributed by atoms with Crippen molar-refractivity contribution in [2.45, 2.75) is 32.2 Å². The van der Waals surface area contributed by atoms with E-state index >= 15 is 0 Å². The molecule has 1 saturated carbocycles. The molecule has 1 amide bonds. The van der Waals surface area contributed by atoms with Gasteiger partial charge in [-0.05, 0) is 37.4 Å². The van der Waals surface area contributed by atoms with Crippen LogP contribution in [0.15, 0.2) is 24.4 Å². The predicted molar refractivity (Wildman–Crippen MR) is 96.6 cm³/mol. The summed E-state index contributed by atoms with van der Waals surface area (Å²) in [6, 6.07) is 5.79. The van der Waals surface area contributed by atoms with Gasteiger partial charge in [-0.15, -0.1) is 35.0 Å². The zero-order valence-corrected chi connectivity index (χ0v) is 15.0. The number of hydrogen-bond donors (Lipinski definition) is 2. The third-order valence-electron chi connectivity index (χ3n) is 5.28. The third-order valence-corrected chi connectivity index (χ3v) is 5.28. The molecule has 1 saturated heterocycles. The van der Waals surface area contributed by atoms with E-state index < -0.39 is 0 Å². The SMILES string of the molecule is Cl.Cl.O=C(NCc1nnc2ccccn12)[C@@]12CCCC[C@H]1CNC2. The smallest absolute Gasteiger partial charge is 0.228 e. The van der Waals surface area contributed by atoms with Crippen molar-refractivity contribution < 1.29 is 4.79 Å². The highest BCUT2D eigenvalue weighted by Gasteiger charge is 2.49. The van der Waals surface area contributed by atoms with E-state index in [2.05, 4.69) is 20.8 Å². The Morgan fingerprint density at radius 2 is 2.21 bits per heavy atom. The van der Waals surface area contributed by atoms with Crippen LogP contribution in [0.5, 0.6) is 0 Å². The summed E-state index contributed by atoms with van der Waals surface area (Å²) >= 11 is 0. The summed E-state index contributed by atoms with van der Waals surface area (Å²) in [6.45, 7) is 2.21. The fourth-order valence-electron chi connectivity index (χ4n) is 4.04. The fourth-order valence-corrected chi connectivity index (χ4v) is 4.04. The number of hydrogen-bond acceptors (Lipinski definition) is 4. The third kappa shape index (κ3) is 3.10. The highest BCUT2D eigenvalue weighted by molar-refractivity contribution is 5.85. The lowest BCUT2D eigenvalue weighted by atomic mass is 9.67. The fraction of sp³-hybridized carbons (Fsp3) is 0.562. The van der Waals surface area contributed by atoms with Gasteiger partial charge in [0, 0.05) is 12.7 Å². The van der Waals surface area contributed by atoms with Crippen molar-refractivity contribution in [3.8, 4) is 0 Å². The van der Waals surface area contributed by atoms with Crippen LogP contribution >= 0.6 is 24.8 Å². The Morgan fingerprint density at radius 1 is 1.33 bits per heavy atom. The van der Waals surface area contributed by atoms with Gasteiger partial charge in [0.2, 0.25) is 5.91 Å². The Morgan fingerprint density at radius 3 is 3.08 bits per heavy atom. The van der Waals surface area contributed by atoms with Crippen molar-refractivity contribution in [2.75, 3.05) is 13.1 Å². The number of carbonyl (C=O) groups excluding carboxylic acids is 1. The zero-order valence-electron chi connectivity index (χ0n) is 13.4. The van der Waals surface area contributed by atoms with E-state index in [0.717, 1.165) is 43.8 Å². The monoisotopic (exact) mass is 371 g/mol. The van der Waals surface area contributed by atoms with Crippen LogP contribution in [0.4, 0.5) is 0 Å². The molecule has 1 aliphatic carbocycles. The molecule has 1 aliphatic heterocycles. The molecule has 4 rings (SSSR count). The van der Waals surface area contributed by atoms with Crippen molar-refractivity contribution in [1.29, 1.82) is 0 Å². The largest absolute Gasteiger partial charge is 0.348 e. The Labute approximate surface area is 153 Å². The van der Waals surface area contributed by atoms with E-state index in [4.69, 9.17) is 0 Å². The number of fused-ring (bicyclic) bond motifs is 2. The number of aromatic nitrogens is 3. The summed E-state index contributed by atoms with van der Waals surface area (Å²) in [5.41, 5.74) is 0.599. The summed E-state index contributed by atoms with van der Waals surface area (Å²) < 4.78 is 1.92. The van der Waals surface area contributed by atoms with Crippen molar-refractivity contribution in [2.24, 2.45) is 11.3 Å². The quantitative estimate of drug-likeness (QED) is 0.864. The molecule has 2 aromatic rings. The van der Waals surface area contributed by atoms with E-state index in [9.17, 15) is 4.79 Å². The van der Waals surface area contributed by atoms with Crippen LogP contribution in [-0.2, 0) is 11.3 Å². The Hall–Kier alpha value is -1.37. The number of carbonyl (C=O) groups is 1.